The van der Waals surface area contributed by atoms with Gasteiger partial charge < -0.3 is 16.3 Å². The zero-order chi connectivity index (χ0) is 11.9. The van der Waals surface area contributed by atoms with Crippen molar-refractivity contribution in [3.63, 3.8) is 0 Å². The zero-order valence-electron chi connectivity index (χ0n) is 9.66. The van der Waals surface area contributed by atoms with E-state index in [9.17, 15) is 4.79 Å². The minimum absolute atomic E-state index is 0.00325. The quantitative estimate of drug-likeness (QED) is 0.276. The molecule has 1 fully saturated rings. The highest BCUT2D eigenvalue weighted by Crippen LogP contribution is 2.68. The van der Waals surface area contributed by atoms with E-state index in [2.05, 4.69) is 38.2 Å². The van der Waals surface area contributed by atoms with Crippen LogP contribution in [0.4, 0.5) is 0 Å². The van der Waals surface area contributed by atoms with Gasteiger partial charge in [-0.15, -0.1) is 0 Å². The van der Waals surface area contributed by atoms with E-state index in [4.69, 9.17) is 10.9 Å². The first-order chi connectivity index (χ1) is 6.75. The van der Waals surface area contributed by atoms with Gasteiger partial charge in [0.25, 0.3) is 0 Å². The predicted octanol–water partition coefficient (Wildman–Crippen LogP) is 0.531. The van der Waals surface area contributed by atoms with Crippen molar-refractivity contribution < 1.29 is 10.0 Å². The third-order valence-electron chi connectivity index (χ3n) is 3.86. The van der Waals surface area contributed by atoms with Gasteiger partial charge in [-0.25, -0.2) is 0 Å². The number of carbonyl (C=O) groups is 1. The van der Waals surface area contributed by atoms with Crippen LogP contribution < -0.4 is 11.1 Å². The first-order valence-electron chi connectivity index (χ1n) is 4.99. The van der Waals surface area contributed by atoms with E-state index in [0.29, 0.717) is 0 Å². The van der Waals surface area contributed by atoms with E-state index >= 15 is 0 Å². The third kappa shape index (κ3) is 1.78. The Bertz CT molecular complexity index is 294. The van der Waals surface area contributed by atoms with E-state index < -0.39 is 0 Å². The van der Waals surface area contributed by atoms with Crippen molar-refractivity contribution in [2.24, 2.45) is 27.6 Å². The summed E-state index contributed by atoms with van der Waals surface area (Å²) in [5.41, 5.74) is 5.29. The van der Waals surface area contributed by atoms with Crippen LogP contribution in [0, 0.1) is 16.7 Å². The molecule has 1 saturated carbocycles. The Morgan fingerprint density at radius 2 is 1.87 bits per heavy atom. The molecule has 86 valence electrons. The number of amides is 1. The molecule has 0 spiro atoms. The molecule has 0 saturated heterocycles. The van der Waals surface area contributed by atoms with Crippen molar-refractivity contribution in [3.05, 3.63) is 0 Å². The molecule has 0 aromatic rings. The molecule has 1 amide bonds. The molecule has 4 N–H and O–H groups in total. The summed E-state index contributed by atoms with van der Waals surface area (Å²) in [5.74, 6) is -0.0206. The number of rotatable bonds is 3. The number of carbonyl (C=O) groups excluding carboxylic acids is 1. The van der Waals surface area contributed by atoms with E-state index in [1.807, 2.05) is 0 Å². The summed E-state index contributed by atoms with van der Waals surface area (Å²) in [4.78, 5) is 11.8. The second-order valence-electron chi connectivity index (χ2n) is 5.19. The number of hydrogen-bond acceptors (Lipinski definition) is 3. The van der Waals surface area contributed by atoms with Crippen LogP contribution in [-0.2, 0) is 4.79 Å². The fourth-order valence-corrected chi connectivity index (χ4v) is 2.17. The van der Waals surface area contributed by atoms with Crippen LogP contribution in [0.2, 0.25) is 0 Å². The van der Waals surface area contributed by atoms with Gasteiger partial charge in [-0.2, -0.15) is 0 Å². The molecule has 0 atom stereocenters. The highest BCUT2D eigenvalue weighted by molar-refractivity contribution is 5.89. The Morgan fingerprint density at radius 3 is 2.20 bits per heavy atom. The third-order valence-corrected chi connectivity index (χ3v) is 3.86. The first-order valence-corrected chi connectivity index (χ1v) is 4.99. The topological polar surface area (TPSA) is 87.7 Å². The number of nitrogens with two attached hydrogens (primary N) is 1. The summed E-state index contributed by atoms with van der Waals surface area (Å²) in [6.45, 7) is 8.38. The van der Waals surface area contributed by atoms with Crippen LogP contribution >= 0.6 is 0 Å². The molecule has 0 aromatic heterocycles. The van der Waals surface area contributed by atoms with Gasteiger partial charge in [0.15, 0.2) is 5.84 Å². The maximum Gasteiger partial charge on any atom is 0.224 e. The van der Waals surface area contributed by atoms with Crippen LogP contribution in [-0.4, -0.2) is 23.5 Å². The highest BCUT2D eigenvalue weighted by atomic mass is 16.4. The molecule has 5 heteroatoms. The minimum atomic E-state index is -0.0309. The summed E-state index contributed by atoms with van der Waals surface area (Å²) < 4.78 is 0. The molecule has 0 unspecified atom stereocenters. The van der Waals surface area contributed by atoms with Crippen LogP contribution in [0.3, 0.4) is 0 Å². The van der Waals surface area contributed by atoms with E-state index in [1.54, 1.807) is 0 Å². The normalized spacial score (nSPS) is 23.6. The number of hydrogen-bond donors (Lipinski definition) is 3. The molecule has 1 rings (SSSR count). The molecule has 5 nitrogen and oxygen atoms in total. The average molecular weight is 213 g/mol. The number of oxime groups is 1. The Kier molecular flexibility index (Phi) is 2.67. The van der Waals surface area contributed by atoms with Gasteiger partial charge in [-0.05, 0) is 10.8 Å². The molecule has 1 aliphatic rings. The van der Waals surface area contributed by atoms with E-state index in [0.717, 1.165) is 0 Å². The molecule has 0 bridgehead atoms. The number of nitrogens with one attached hydrogen (secondary N) is 1. The molecular weight excluding hydrogens is 194 g/mol. The van der Waals surface area contributed by atoms with Crippen LogP contribution in [0.1, 0.15) is 27.7 Å². The van der Waals surface area contributed by atoms with Crippen molar-refractivity contribution in [3.8, 4) is 0 Å². The lowest BCUT2D eigenvalue weighted by Crippen LogP contribution is -2.35. The average Bonchev–Trinajstić information content (AvgIpc) is 2.53. The van der Waals surface area contributed by atoms with E-state index in [1.165, 1.54) is 0 Å². The smallest absolute Gasteiger partial charge is 0.224 e. The summed E-state index contributed by atoms with van der Waals surface area (Å²) >= 11 is 0. The van der Waals surface area contributed by atoms with Crippen molar-refractivity contribution in [1.29, 1.82) is 0 Å². The van der Waals surface area contributed by atoms with Gasteiger partial charge in [-0.3, -0.25) is 4.79 Å². The van der Waals surface area contributed by atoms with Gasteiger partial charge in [0.2, 0.25) is 5.91 Å². The molecule has 0 heterocycles. The van der Waals surface area contributed by atoms with Gasteiger partial charge in [0.05, 0.1) is 6.54 Å². The summed E-state index contributed by atoms with van der Waals surface area (Å²) in [5, 5.41) is 13.8. The van der Waals surface area contributed by atoms with Gasteiger partial charge >= 0.3 is 0 Å². The summed E-state index contributed by atoms with van der Waals surface area (Å²) in [6, 6.07) is 0. The van der Waals surface area contributed by atoms with Gasteiger partial charge in [0, 0.05) is 5.92 Å². The van der Waals surface area contributed by atoms with Crippen LogP contribution in [0.5, 0.6) is 0 Å². The second-order valence-corrected chi connectivity index (χ2v) is 5.19. The summed E-state index contributed by atoms with van der Waals surface area (Å²) in [7, 11) is 0. The van der Waals surface area contributed by atoms with Crippen molar-refractivity contribution in [2.45, 2.75) is 27.7 Å². The van der Waals surface area contributed by atoms with Crippen LogP contribution in [0.25, 0.3) is 0 Å². The van der Waals surface area contributed by atoms with Crippen molar-refractivity contribution >= 4 is 11.7 Å². The maximum atomic E-state index is 11.8. The SMILES string of the molecule is CC1(C)C(C(=O)NCC(N)=NO)C1(C)C. The van der Waals surface area contributed by atoms with Crippen LogP contribution in [0.15, 0.2) is 5.16 Å². The Labute approximate surface area is 89.7 Å². The lowest BCUT2D eigenvalue weighted by Gasteiger charge is -2.04. The largest absolute Gasteiger partial charge is 0.409 e. The number of amidine groups is 1. The fraction of sp³-hybridized carbons (Fsp3) is 0.800. The van der Waals surface area contributed by atoms with E-state index in [-0.39, 0.29) is 35.0 Å². The molecule has 0 aliphatic heterocycles. The lowest BCUT2D eigenvalue weighted by atomic mass is 10.0. The number of nitrogens with zero attached hydrogens (tertiary/aromatic N) is 1. The molecule has 0 aromatic carbocycles. The van der Waals surface area contributed by atoms with Crippen molar-refractivity contribution in [2.75, 3.05) is 6.54 Å². The van der Waals surface area contributed by atoms with Crippen molar-refractivity contribution in [1.82, 2.24) is 5.32 Å². The maximum absolute atomic E-state index is 11.8. The lowest BCUT2D eigenvalue weighted by molar-refractivity contribution is -0.123. The molecule has 1 aliphatic carbocycles. The molecule has 0 radical (unpaired) electrons. The predicted molar refractivity (Wildman–Crippen MR) is 57.5 cm³/mol. The fourth-order valence-electron chi connectivity index (χ4n) is 2.17. The molecular formula is C10H19N3O2. The van der Waals surface area contributed by atoms with Gasteiger partial charge in [0.1, 0.15) is 0 Å². The van der Waals surface area contributed by atoms with Gasteiger partial charge in [-0.1, -0.05) is 32.9 Å². The summed E-state index contributed by atoms with van der Waals surface area (Å²) in [6.07, 6.45) is 0. The zero-order valence-corrected chi connectivity index (χ0v) is 9.66. The monoisotopic (exact) mass is 213 g/mol. The standard InChI is InChI=1S/C10H19N3O2/c1-9(2)7(10(9,3)4)8(14)12-5-6(11)13-15/h7,15H,5H2,1-4H3,(H2,11,13)(H,12,14). The second kappa shape index (κ2) is 3.40. The Morgan fingerprint density at radius 1 is 1.40 bits per heavy atom. The Balaban J connectivity index is 2.52. The first kappa shape index (κ1) is 11.8. The molecule has 15 heavy (non-hydrogen) atoms. The highest BCUT2D eigenvalue weighted by Gasteiger charge is 2.68. The minimum Gasteiger partial charge on any atom is -0.409 e. The Hall–Kier alpha value is -1.26.